The van der Waals surface area contributed by atoms with Crippen molar-refractivity contribution in [3.63, 3.8) is 0 Å². The molecule has 0 spiro atoms. The fourth-order valence-corrected chi connectivity index (χ4v) is 1.28. The van der Waals surface area contributed by atoms with Crippen LogP contribution < -0.4 is 4.74 Å². The van der Waals surface area contributed by atoms with Crippen LogP contribution in [-0.2, 0) is 0 Å². The molecule has 0 aliphatic heterocycles. The largest absolute Gasteiger partial charge is 0.436 e. The van der Waals surface area contributed by atoms with E-state index in [0.29, 0.717) is 5.75 Å². The van der Waals surface area contributed by atoms with Crippen molar-refractivity contribution < 1.29 is 9.13 Å². The lowest BCUT2D eigenvalue weighted by atomic mass is 10.2. The first kappa shape index (κ1) is 11.1. The Labute approximate surface area is 98.1 Å². The number of ether oxygens (including phenoxy) is 1. The minimum absolute atomic E-state index is 0.0999. The average Bonchev–Trinajstić information content (AvgIpc) is 2.34. The van der Waals surface area contributed by atoms with Crippen molar-refractivity contribution >= 4 is 0 Å². The fraction of sp³-hybridized carbons (Fsp3) is 0. The maximum atomic E-state index is 13.5. The molecule has 0 N–H and O–H groups in total. The second kappa shape index (κ2) is 4.62. The van der Waals surface area contributed by atoms with Crippen LogP contribution in [0, 0.1) is 24.1 Å². The highest BCUT2D eigenvalue weighted by Gasteiger charge is 2.10. The van der Waals surface area contributed by atoms with Gasteiger partial charge in [-0.15, -0.1) is 0 Å². The Bertz CT molecular complexity index is 576. The van der Waals surface area contributed by atoms with Gasteiger partial charge in [0.25, 0.3) is 5.88 Å². The van der Waals surface area contributed by atoms with Crippen molar-refractivity contribution in [3.05, 3.63) is 60.4 Å². The van der Waals surface area contributed by atoms with E-state index in [1.54, 1.807) is 30.3 Å². The van der Waals surface area contributed by atoms with Gasteiger partial charge in [0.1, 0.15) is 11.8 Å². The van der Waals surface area contributed by atoms with Gasteiger partial charge in [-0.25, -0.2) is 9.37 Å². The second-order valence-corrected chi connectivity index (χ2v) is 3.30. The van der Waals surface area contributed by atoms with E-state index in [2.05, 4.69) is 11.9 Å². The summed E-state index contributed by atoms with van der Waals surface area (Å²) < 4.78 is 18.8. The predicted molar refractivity (Wildman–Crippen MR) is 59.9 cm³/mol. The summed E-state index contributed by atoms with van der Waals surface area (Å²) in [5, 5.41) is 8.69. The van der Waals surface area contributed by atoms with Crippen LogP contribution in [0.15, 0.2) is 36.4 Å². The van der Waals surface area contributed by atoms with Gasteiger partial charge in [-0.1, -0.05) is 18.2 Å². The van der Waals surface area contributed by atoms with Crippen molar-refractivity contribution in [2.75, 3.05) is 0 Å². The summed E-state index contributed by atoms with van der Waals surface area (Å²) in [6.07, 6.45) is 0. The third-order valence-corrected chi connectivity index (χ3v) is 2.10. The highest BCUT2D eigenvalue weighted by molar-refractivity contribution is 5.39. The van der Waals surface area contributed by atoms with Gasteiger partial charge in [-0.05, 0) is 25.1 Å². The van der Waals surface area contributed by atoms with E-state index in [1.165, 1.54) is 0 Å². The number of hydrogen-bond donors (Lipinski definition) is 0. The van der Waals surface area contributed by atoms with Crippen molar-refractivity contribution in [3.8, 4) is 17.7 Å². The van der Waals surface area contributed by atoms with Gasteiger partial charge in [-0.3, -0.25) is 0 Å². The number of pyridine rings is 1. The Hall–Kier alpha value is -2.41. The number of benzene rings is 1. The minimum atomic E-state index is -0.683. The molecule has 0 unspecified atom stereocenters. The molecule has 0 bridgehead atoms. The number of hydrogen-bond acceptors (Lipinski definition) is 3. The molecule has 0 amide bonds. The fourth-order valence-electron chi connectivity index (χ4n) is 1.28. The number of halogens is 1. The molecule has 1 heterocycles. The van der Waals surface area contributed by atoms with Gasteiger partial charge in [-0.2, -0.15) is 5.26 Å². The van der Waals surface area contributed by atoms with Gasteiger partial charge in [0.2, 0.25) is 0 Å². The zero-order chi connectivity index (χ0) is 12.3. The molecule has 0 aliphatic carbocycles. The third kappa shape index (κ3) is 2.40. The Kier molecular flexibility index (Phi) is 3.01. The molecule has 1 aromatic heterocycles. The minimum Gasteiger partial charge on any atom is -0.436 e. The molecule has 0 saturated heterocycles. The lowest BCUT2D eigenvalue weighted by molar-refractivity contribution is 0.422. The van der Waals surface area contributed by atoms with Crippen LogP contribution in [-0.4, -0.2) is 4.98 Å². The van der Waals surface area contributed by atoms with E-state index >= 15 is 0 Å². The number of para-hydroxylation sites is 1. The maximum absolute atomic E-state index is 13.5. The molecule has 3 nitrogen and oxygen atoms in total. The number of nitrogens with zero attached hydrogens (tertiary/aromatic N) is 2. The molecule has 4 heteroatoms. The highest BCUT2D eigenvalue weighted by atomic mass is 19.1. The van der Waals surface area contributed by atoms with Crippen molar-refractivity contribution in [2.45, 2.75) is 0 Å². The Balaban J connectivity index is 2.35. The molecule has 2 aromatic rings. The van der Waals surface area contributed by atoms with E-state index in [1.807, 2.05) is 6.07 Å². The standard InChI is InChI=1S/C13H8FN2O/c1-9-10(8-15)7-12(14)13(16-9)17-11-5-3-2-4-6-11/h2-7H,1H2. The zero-order valence-electron chi connectivity index (χ0n) is 8.85. The molecule has 83 valence electrons. The Morgan fingerprint density at radius 2 is 2.00 bits per heavy atom. The Morgan fingerprint density at radius 1 is 1.29 bits per heavy atom. The second-order valence-electron chi connectivity index (χ2n) is 3.30. The van der Waals surface area contributed by atoms with E-state index in [9.17, 15) is 4.39 Å². The molecule has 2 rings (SSSR count). The van der Waals surface area contributed by atoms with Crippen molar-refractivity contribution in [1.29, 1.82) is 5.26 Å². The lowest BCUT2D eigenvalue weighted by Gasteiger charge is -2.06. The first-order valence-electron chi connectivity index (χ1n) is 4.86. The summed E-state index contributed by atoms with van der Waals surface area (Å²) in [4.78, 5) is 3.81. The molecular formula is C13H8FN2O. The molecule has 1 radical (unpaired) electrons. The first-order valence-corrected chi connectivity index (χ1v) is 4.86. The van der Waals surface area contributed by atoms with E-state index in [-0.39, 0.29) is 17.1 Å². The van der Waals surface area contributed by atoms with Crippen LogP contribution in [0.1, 0.15) is 11.3 Å². The average molecular weight is 227 g/mol. The van der Waals surface area contributed by atoms with E-state index in [0.717, 1.165) is 6.07 Å². The lowest BCUT2D eigenvalue weighted by Crippen LogP contribution is -1.96. The number of nitriles is 1. The SMILES string of the molecule is [CH2]c1nc(Oc2ccccc2)c(F)cc1C#N. The summed E-state index contributed by atoms with van der Waals surface area (Å²) in [5.74, 6) is -0.388. The smallest absolute Gasteiger partial charge is 0.256 e. The normalized spacial score (nSPS) is 9.71. The van der Waals surface area contributed by atoms with Gasteiger partial charge < -0.3 is 4.74 Å². The predicted octanol–water partition coefficient (Wildman–Crippen LogP) is 3.07. The van der Waals surface area contributed by atoms with E-state index in [4.69, 9.17) is 10.00 Å². The van der Waals surface area contributed by atoms with Crippen LogP contribution in [0.4, 0.5) is 4.39 Å². The molecule has 0 atom stereocenters. The zero-order valence-corrected chi connectivity index (χ0v) is 8.85. The third-order valence-electron chi connectivity index (χ3n) is 2.10. The molecule has 17 heavy (non-hydrogen) atoms. The summed E-state index contributed by atoms with van der Waals surface area (Å²) >= 11 is 0. The van der Waals surface area contributed by atoms with Crippen molar-refractivity contribution in [1.82, 2.24) is 4.98 Å². The summed E-state index contributed by atoms with van der Waals surface area (Å²) in [7, 11) is 0. The van der Waals surface area contributed by atoms with Gasteiger partial charge in [0.05, 0.1) is 11.3 Å². The number of aromatic nitrogens is 1. The summed E-state index contributed by atoms with van der Waals surface area (Å²) in [5.41, 5.74) is 0.294. The van der Waals surface area contributed by atoms with Crippen LogP contribution in [0.5, 0.6) is 11.6 Å². The molecule has 0 aliphatic rings. The molecule has 0 saturated carbocycles. The van der Waals surface area contributed by atoms with Gasteiger partial charge in [0, 0.05) is 0 Å². The molecule has 0 fully saturated rings. The molecule has 1 aromatic carbocycles. The monoisotopic (exact) mass is 227 g/mol. The summed E-state index contributed by atoms with van der Waals surface area (Å²) in [6.45, 7) is 3.55. The van der Waals surface area contributed by atoms with Gasteiger partial charge in [0.15, 0.2) is 5.82 Å². The van der Waals surface area contributed by atoms with Crippen LogP contribution in [0.25, 0.3) is 0 Å². The van der Waals surface area contributed by atoms with Gasteiger partial charge >= 0.3 is 0 Å². The first-order chi connectivity index (χ1) is 8.20. The van der Waals surface area contributed by atoms with Crippen LogP contribution >= 0.6 is 0 Å². The molecular weight excluding hydrogens is 219 g/mol. The van der Waals surface area contributed by atoms with E-state index < -0.39 is 5.82 Å². The van der Waals surface area contributed by atoms with Crippen LogP contribution in [0.2, 0.25) is 0 Å². The highest BCUT2D eigenvalue weighted by Crippen LogP contribution is 2.23. The van der Waals surface area contributed by atoms with Crippen LogP contribution in [0.3, 0.4) is 0 Å². The maximum Gasteiger partial charge on any atom is 0.256 e. The summed E-state index contributed by atoms with van der Waals surface area (Å²) in [6, 6.07) is 11.6. The quantitative estimate of drug-likeness (QED) is 0.792. The van der Waals surface area contributed by atoms with Crippen molar-refractivity contribution in [2.24, 2.45) is 0 Å². The number of rotatable bonds is 2. The topological polar surface area (TPSA) is 45.9 Å². The Morgan fingerprint density at radius 3 is 2.65 bits per heavy atom.